The molecule has 0 bridgehead atoms. The molecule has 0 rings (SSSR count). The molecule has 0 saturated heterocycles. The van der Waals surface area contributed by atoms with Crippen molar-refractivity contribution in [3.63, 3.8) is 0 Å². The summed E-state index contributed by atoms with van der Waals surface area (Å²) in [5, 5.41) is 9.47. The van der Waals surface area contributed by atoms with Crippen LogP contribution in [0, 0.1) is 0 Å². The van der Waals surface area contributed by atoms with Crippen LogP contribution in [0.25, 0.3) is 0 Å². The minimum Gasteiger partial charge on any atom is -0.393 e. The number of thioether (sulfide) groups is 1. The second-order valence-corrected chi connectivity index (χ2v) is 4.27. The molecule has 1 unspecified atom stereocenters. The van der Waals surface area contributed by atoms with E-state index in [2.05, 4.69) is 13.2 Å². The van der Waals surface area contributed by atoms with E-state index in [4.69, 9.17) is 0 Å². The standard InChI is InChI=1S/C10H22OS/c1-3-4-5-6-7-10(11)8-9-12-2/h10-11H,3-9H2,1-2H3. The highest BCUT2D eigenvalue weighted by molar-refractivity contribution is 7.98. The molecular weight excluding hydrogens is 168 g/mol. The molecule has 0 aliphatic rings. The summed E-state index contributed by atoms with van der Waals surface area (Å²) in [6, 6.07) is 0. The van der Waals surface area contributed by atoms with Crippen molar-refractivity contribution in [1.29, 1.82) is 0 Å². The van der Waals surface area contributed by atoms with Crippen LogP contribution in [0.1, 0.15) is 45.4 Å². The van der Waals surface area contributed by atoms with E-state index in [1.165, 1.54) is 25.7 Å². The lowest BCUT2D eigenvalue weighted by Crippen LogP contribution is -2.07. The third-order valence-corrected chi connectivity index (χ3v) is 2.69. The lowest BCUT2D eigenvalue weighted by atomic mass is 10.1. The van der Waals surface area contributed by atoms with Gasteiger partial charge < -0.3 is 5.11 Å². The van der Waals surface area contributed by atoms with Gasteiger partial charge in [0.1, 0.15) is 0 Å². The maximum atomic E-state index is 9.47. The molecule has 0 aromatic rings. The minimum absolute atomic E-state index is 0.0469. The Morgan fingerprint density at radius 3 is 2.50 bits per heavy atom. The Labute approximate surface area is 80.9 Å². The Balaban J connectivity index is 3.02. The summed E-state index contributed by atoms with van der Waals surface area (Å²) in [7, 11) is 0. The largest absolute Gasteiger partial charge is 0.393 e. The van der Waals surface area contributed by atoms with E-state index in [0.29, 0.717) is 0 Å². The van der Waals surface area contributed by atoms with Gasteiger partial charge in [-0.3, -0.25) is 0 Å². The summed E-state index contributed by atoms with van der Waals surface area (Å²) < 4.78 is 0. The molecule has 1 N–H and O–H groups in total. The second-order valence-electron chi connectivity index (χ2n) is 3.28. The summed E-state index contributed by atoms with van der Waals surface area (Å²) in [5.41, 5.74) is 0. The molecule has 0 aliphatic heterocycles. The van der Waals surface area contributed by atoms with Crippen molar-refractivity contribution < 1.29 is 5.11 Å². The van der Waals surface area contributed by atoms with E-state index in [-0.39, 0.29) is 6.10 Å². The van der Waals surface area contributed by atoms with Gasteiger partial charge in [-0.25, -0.2) is 0 Å². The fourth-order valence-electron chi connectivity index (χ4n) is 1.20. The van der Waals surface area contributed by atoms with E-state index in [9.17, 15) is 5.11 Å². The van der Waals surface area contributed by atoms with Gasteiger partial charge in [-0.2, -0.15) is 11.8 Å². The lowest BCUT2D eigenvalue weighted by molar-refractivity contribution is 0.158. The molecule has 0 heterocycles. The van der Waals surface area contributed by atoms with Gasteiger partial charge in [0.05, 0.1) is 6.10 Å². The summed E-state index contributed by atoms with van der Waals surface area (Å²) in [6.07, 6.45) is 9.08. The van der Waals surface area contributed by atoms with Gasteiger partial charge >= 0.3 is 0 Å². The minimum atomic E-state index is -0.0469. The van der Waals surface area contributed by atoms with Gasteiger partial charge in [-0.05, 0) is 24.9 Å². The van der Waals surface area contributed by atoms with Crippen LogP contribution in [-0.2, 0) is 0 Å². The molecule has 1 nitrogen and oxygen atoms in total. The van der Waals surface area contributed by atoms with Crippen LogP contribution in [0.5, 0.6) is 0 Å². The third kappa shape index (κ3) is 8.41. The first-order chi connectivity index (χ1) is 5.81. The average molecular weight is 190 g/mol. The van der Waals surface area contributed by atoms with Crippen molar-refractivity contribution in [2.24, 2.45) is 0 Å². The smallest absolute Gasteiger partial charge is 0.0548 e. The number of aliphatic hydroxyl groups excluding tert-OH is 1. The number of aliphatic hydroxyl groups is 1. The second kappa shape index (κ2) is 9.40. The predicted octanol–water partition coefficient (Wildman–Crippen LogP) is 3.07. The van der Waals surface area contributed by atoms with Gasteiger partial charge in [-0.1, -0.05) is 32.6 Å². The maximum absolute atomic E-state index is 9.47. The van der Waals surface area contributed by atoms with Crippen LogP contribution in [0.15, 0.2) is 0 Å². The van der Waals surface area contributed by atoms with E-state index in [1.54, 1.807) is 0 Å². The molecule has 12 heavy (non-hydrogen) atoms. The molecule has 1 atom stereocenters. The number of hydrogen-bond donors (Lipinski definition) is 1. The van der Waals surface area contributed by atoms with Gasteiger partial charge in [-0.15, -0.1) is 0 Å². The Morgan fingerprint density at radius 2 is 1.92 bits per heavy atom. The van der Waals surface area contributed by atoms with Crippen LogP contribution >= 0.6 is 11.8 Å². The van der Waals surface area contributed by atoms with Crippen molar-refractivity contribution in [3.05, 3.63) is 0 Å². The highest BCUT2D eigenvalue weighted by Gasteiger charge is 2.01. The topological polar surface area (TPSA) is 20.2 Å². The van der Waals surface area contributed by atoms with Crippen LogP contribution in [0.2, 0.25) is 0 Å². The third-order valence-electron chi connectivity index (χ3n) is 2.05. The fraction of sp³-hybridized carbons (Fsp3) is 1.00. The van der Waals surface area contributed by atoms with Crippen molar-refractivity contribution in [3.8, 4) is 0 Å². The lowest BCUT2D eigenvalue weighted by Gasteiger charge is -2.08. The summed E-state index contributed by atoms with van der Waals surface area (Å²) in [6.45, 7) is 2.21. The summed E-state index contributed by atoms with van der Waals surface area (Å²) in [5.74, 6) is 1.09. The first-order valence-corrected chi connectivity index (χ1v) is 6.37. The van der Waals surface area contributed by atoms with E-state index < -0.39 is 0 Å². The molecule has 0 amide bonds. The van der Waals surface area contributed by atoms with Crippen LogP contribution < -0.4 is 0 Å². The molecule has 74 valence electrons. The molecule has 2 heteroatoms. The van der Waals surface area contributed by atoms with Crippen LogP contribution in [0.3, 0.4) is 0 Å². The van der Waals surface area contributed by atoms with Crippen molar-refractivity contribution in [2.45, 2.75) is 51.6 Å². The van der Waals surface area contributed by atoms with E-state index in [1.807, 2.05) is 11.8 Å². The Hall–Kier alpha value is 0.310. The zero-order valence-corrected chi connectivity index (χ0v) is 9.20. The van der Waals surface area contributed by atoms with Gasteiger partial charge in [0.2, 0.25) is 0 Å². The molecule has 0 spiro atoms. The molecule has 0 radical (unpaired) electrons. The molecule has 0 aliphatic carbocycles. The maximum Gasteiger partial charge on any atom is 0.0548 e. The van der Waals surface area contributed by atoms with E-state index in [0.717, 1.165) is 18.6 Å². The highest BCUT2D eigenvalue weighted by atomic mass is 32.2. The highest BCUT2D eigenvalue weighted by Crippen LogP contribution is 2.09. The molecular formula is C10H22OS. The summed E-state index contributed by atoms with van der Waals surface area (Å²) >= 11 is 1.81. The Morgan fingerprint density at radius 1 is 1.17 bits per heavy atom. The quantitative estimate of drug-likeness (QED) is 0.594. The van der Waals surface area contributed by atoms with E-state index >= 15 is 0 Å². The number of rotatable bonds is 8. The zero-order valence-electron chi connectivity index (χ0n) is 8.38. The molecule has 0 fully saturated rings. The average Bonchev–Trinajstić information content (AvgIpc) is 2.09. The van der Waals surface area contributed by atoms with Crippen molar-refractivity contribution in [2.75, 3.05) is 12.0 Å². The zero-order chi connectivity index (χ0) is 9.23. The van der Waals surface area contributed by atoms with Crippen LogP contribution in [-0.4, -0.2) is 23.2 Å². The van der Waals surface area contributed by atoms with Gasteiger partial charge in [0.25, 0.3) is 0 Å². The molecule has 0 aromatic carbocycles. The number of unbranched alkanes of at least 4 members (excludes halogenated alkanes) is 3. The number of hydrogen-bond acceptors (Lipinski definition) is 2. The van der Waals surface area contributed by atoms with Gasteiger partial charge in [0, 0.05) is 0 Å². The van der Waals surface area contributed by atoms with Crippen LogP contribution in [0.4, 0.5) is 0 Å². The van der Waals surface area contributed by atoms with Crippen molar-refractivity contribution >= 4 is 11.8 Å². The molecule has 0 aromatic heterocycles. The predicted molar refractivity (Wildman–Crippen MR) is 57.8 cm³/mol. The first kappa shape index (κ1) is 12.3. The monoisotopic (exact) mass is 190 g/mol. The SMILES string of the molecule is CCCCCCC(O)CCSC. The Bertz CT molecular complexity index is 85.9. The Kier molecular flexibility index (Phi) is 9.64. The van der Waals surface area contributed by atoms with Crippen molar-refractivity contribution in [1.82, 2.24) is 0 Å². The first-order valence-electron chi connectivity index (χ1n) is 4.98. The van der Waals surface area contributed by atoms with Gasteiger partial charge in [0.15, 0.2) is 0 Å². The molecule has 0 saturated carbocycles. The fourth-order valence-corrected chi connectivity index (χ4v) is 1.71. The normalized spacial score (nSPS) is 13.2. The summed E-state index contributed by atoms with van der Waals surface area (Å²) in [4.78, 5) is 0.